The second kappa shape index (κ2) is 5.62. The van der Waals surface area contributed by atoms with Crippen LogP contribution in [0.4, 0.5) is 0 Å². The number of methoxy groups -OCH3 is 1. The van der Waals surface area contributed by atoms with Crippen LogP contribution in [-0.2, 0) is 0 Å². The average Bonchev–Trinajstić information content (AvgIpc) is 2.77. The number of nitrogens with one attached hydrogen (secondary N) is 1. The Bertz CT molecular complexity index is 501. The Labute approximate surface area is 113 Å². The lowest BCUT2D eigenvalue weighted by molar-refractivity contribution is 0.402. The van der Waals surface area contributed by atoms with E-state index in [1.54, 1.807) is 24.6 Å². The fraction of sp³-hybridized carbons (Fsp3) is 0.250. The van der Waals surface area contributed by atoms with E-state index in [4.69, 9.17) is 4.74 Å². The van der Waals surface area contributed by atoms with Gasteiger partial charge in [0.05, 0.1) is 13.2 Å². The Morgan fingerprint density at radius 1 is 1.53 bits per heavy atom. The molecule has 2 aromatic heterocycles. The molecule has 2 aromatic rings. The quantitative estimate of drug-likeness (QED) is 0.941. The summed E-state index contributed by atoms with van der Waals surface area (Å²) < 4.78 is 6.44. The van der Waals surface area contributed by atoms with Crippen molar-refractivity contribution in [1.29, 1.82) is 0 Å². The minimum absolute atomic E-state index is 0.0578. The van der Waals surface area contributed by atoms with E-state index in [0.29, 0.717) is 0 Å². The molecule has 90 valence electrons. The number of aromatic nitrogens is 1. The van der Waals surface area contributed by atoms with Gasteiger partial charge in [0.15, 0.2) is 0 Å². The third kappa shape index (κ3) is 2.68. The molecule has 1 atom stereocenters. The smallest absolute Gasteiger partial charge is 0.142 e. The van der Waals surface area contributed by atoms with Crippen LogP contribution in [0, 0.1) is 0 Å². The zero-order valence-corrected chi connectivity index (χ0v) is 12.0. The van der Waals surface area contributed by atoms with Crippen molar-refractivity contribution in [2.24, 2.45) is 0 Å². The SMILES string of the molecule is CNC(c1cc(Br)cs1)c1ncccc1OC. The summed E-state index contributed by atoms with van der Waals surface area (Å²) in [4.78, 5) is 5.62. The minimum atomic E-state index is 0.0578. The summed E-state index contributed by atoms with van der Waals surface area (Å²) in [6.45, 7) is 0. The molecule has 0 amide bonds. The molecule has 3 nitrogen and oxygen atoms in total. The van der Waals surface area contributed by atoms with Crippen molar-refractivity contribution in [3.05, 3.63) is 44.8 Å². The van der Waals surface area contributed by atoms with Crippen LogP contribution in [0.2, 0.25) is 0 Å². The number of hydrogen-bond acceptors (Lipinski definition) is 4. The maximum Gasteiger partial charge on any atom is 0.142 e. The van der Waals surface area contributed by atoms with Gasteiger partial charge in [0, 0.05) is 20.9 Å². The summed E-state index contributed by atoms with van der Waals surface area (Å²) >= 11 is 5.16. The first kappa shape index (κ1) is 12.5. The third-order valence-electron chi connectivity index (χ3n) is 2.45. The van der Waals surface area contributed by atoms with Crippen molar-refractivity contribution in [3.63, 3.8) is 0 Å². The molecule has 0 spiro atoms. The van der Waals surface area contributed by atoms with Gasteiger partial charge in [-0.3, -0.25) is 4.98 Å². The van der Waals surface area contributed by atoms with Gasteiger partial charge < -0.3 is 10.1 Å². The van der Waals surface area contributed by atoms with E-state index in [2.05, 4.69) is 37.7 Å². The number of hydrogen-bond donors (Lipinski definition) is 1. The van der Waals surface area contributed by atoms with Gasteiger partial charge in [0.2, 0.25) is 0 Å². The summed E-state index contributed by atoms with van der Waals surface area (Å²) in [5, 5.41) is 5.33. The van der Waals surface area contributed by atoms with E-state index in [1.165, 1.54) is 4.88 Å². The highest BCUT2D eigenvalue weighted by molar-refractivity contribution is 9.10. The molecule has 0 radical (unpaired) electrons. The summed E-state index contributed by atoms with van der Waals surface area (Å²) in [7, 11) is 3.59. The predicted octanol–water partition coefficient (Wildman–Crippen LogP) is 3.22. The van der Waals surface area contributed by atoms with E-state index >= 15 is 0 Å². The van der Waals surface area contributed by atoms with Gasteiger partial charge >= 0.3 is 0 Å². The summed E-state index contributed by atoms with van der Waals surface area (Å²) in [5.41, 5.74) is 0.909. The van der Waals surface area contributed by atoms with Crippen molar-refractivity contribution in [2.45, 2.75) is 6.04 Å². The average molecular weight is 313 g/mol. The van der Waals surface area contributed by atoms with Crippen LogP contribution in [0.5, 0.6) is 5.75 Å². The van der Waals surface area contributed by atoms with Crippen LogP contribution in [0.15, 0.2) is 34.2 Å². The summed E-state index contributed by atoms with van der Waals surface area (Å²) in [5.74, 6) is 0.802. The number of ether oxygens (including phenoxy) is 1. The first-order valence-electron chi connectivity index (χ1n) is 5.16. The van der Waals surface area contributed by atoms with Crippen LogP contribution in [0.25, 0.3) is 0 Å². The first-order chi connectivity index (χ1) is 8.26. The highest BCUT2D eigenvalue weighted by atomic mass is 79.9. The molecule has 0 aliphatic rings. The van der Waals surface area contributed by atoms with Crippen molar-refractivity contribution in [1.82, 2.24) is 10.3 Å². The first-order valence-corrected chi connectivity index (χ1v) is 6.83. The zero-order valence-electron chi connectivity index (χ0n) is 9.61. The number of thiophene rings is 1. The van der Waals surface area contributed by atoms with Gasteiger partial charge in [-0.1, -0.05) is 0 Å². The van der Waals surface area contributed by atoms with Crippen LogP contribution in [0.1, 0.15) is 16.6 Å². The molecule has 0 aromatic carbocycles. The van der Waals surface area contributed by atoms with E-state index in [1.807, 2.05) is 19.2 Å². The second-order valence-corrected chi connectivity index (χ2v) is 5.34. The Kier molecular flexibility index (Phi) is 4.15. The molecule has 17 heavy (non-hydrogen) atoms. The maximum atomic E-state index is 5.35. The molecule has 0 saturated heterocycles. The monoisotopic (exact) mass is 312 g/mol. The number of nitrogens with zero attached hydrogens (tertiary/aromatic N) is 1. The molecule has 0 aliphatic heterocycles. The lowest BCUT2D eigenvalue weighted by Gasteiger charge is -2.16. The van der Waals surface area contributed by atoms with E-state index < -0.39 is 0 Å². The van der Waals surface area contributed by atoms with Crippen molar-refractivity contribution >= 4 is 27.3 Å². The van der Waals surface area contributed by atoms with E-state index in [9.17, 15) is 0 Å². The third-order valence-corrected chi connectivity index (χ3v) is 4.21. The highest BCUT2D eigenvalue weighted by Crippen LogP contribution is 2.32. The molecular formula is C12H13BrN2OS. The van der Waals surface area contributed by atoms with Crippen LogP contribution < -0.4 is 10.1 Å². The lowest BCUT2D eigenvalue weighted by atomic mass is 10.1. The second-order valence-electron chi connectivity index (χ2n) is 3.48. The number of pyridine rings is 1. The van der Waals surface area contributed by atoms with Gasteiger partial charge in [-0.2, -0.15) is 0 Å². The topological polar surface area (TPSA) is 34.2 Å². The zero-order chi connectivity index (χ0) is 12.3. The molecule has 0 fully saturated rings. The standard InChI is InChI=1S/C12H13BrN2OS/c1-14-12(10-6-8(13)7-17-10)11-9(16-2)4-3-5-15-11/h3-7,12,14H,1-2H3. The molecule has 1 unspecified atom stereocenters. The van der Waals surface area contributed by atoms with E-state index in [0.717, 1.165) is 15.9 Å². The van der Waals surface area contributed by atoms with Gasteiger partial charge in [0.25, 0.3) is 0 Å². The van der Waals surface area contributed by atoms with Gasteiger partial charge in [-0.25, -0.2) is 0 Å². The maximum absolute atomic E-state index is 5.35. The lowest BCUT2D eigenvalue weighted by Crippen LogP contribution is -2.18. The van der Waals surface area contributed by atoms with Crippen molar-refractivity contribution < 1.29 is 4.74 Å². The number of halogens is 1. The molecule has 0 saturated carbocycles. The Morgan fingerprint density at radius 3 is 2.94 bits per heavy atom. The molecule has 1 N–H and O–H groups in total. The molecule has 0 aliphatic carbocycles. The molecule has 2 rings (SSSR count). The fourth-order valence-corrected chi connectivity index (χ4v) is 3.24. The minimum Gasteiger partial charge on any atom is -0.495 e. The van der Waals surface area contributed by atoms with Crippen LogP contribution in [-0.4, -0.2) is 19.1 Å². The summed E-state index contributed by atoms with van der Waals surface area (Å²) in [6, 6.07) is 5.96. The van der Waals surface area contributed by atoms with Gasteiger partial charge in [0.1, 0.15) is 11.4 Å². The normalized spacial score (nSPS) is 12.4. The Balaban J connectivity index is 2.41. The molecule has 0 bridgehead atoms. The molecule has 5 heteroatoms. The van der Waals surface area contributed by atoms with Gasteiger partial charge in [-0.15, -0.1) is 11.3 Å². The predicted molar refractivity (Wildman–Crippen MR) is 73.7 cm³/mol. The Hall–Kier alpha value is -0.910. The largest absolute Gasteiger partial charge is 0.495 e. The van der Waals surface area contributed by atoms with Crippen LogP contribution in [0.3, 0.4) is 0 Å². The highest BCUT2D eigenvalue weighted by Gasteiger charge is 2.19. The molecule has 2 heterocycles. The van der Waals surface area contributed by atoms with E-state index in [-0.39, 0.29) is 6.04 Å². The molecular weight excluding hydrogens is 300 g/mol. The Morgan fingerprint density at radius 2 is 2.35 bits per heavy atom. The van der Waals surface area contributed by atoms with Gasteiger partial charge in [-0.05, 0) is 41.2 Å². The van der Waals surface area contributed by atoms with Crippen LogP contribution >= 0.6 is 27.3 Å². The number of rotatable bonds is 4. The van der Waals surface area contributed by atoms with Crippen molar-refractivity contribution in [2.75, 3.05) is 14.2 Å². The van der Waals surface area contributed by atoms with Crippen molar-refractivity contribution in [3.8, 4) is 5.75 Å². The summed E-state index contributed by atoms with van der Waals surface area (Å²) in [6.07, 6.45) is 1.78. The fourth-order valence-electron chi connectivity index (χ4n) is 1.69.